The van der Waals surface area contributed by atoms with E-state index in [1.165, 1.54) is 10.1 Å². The number of hydrogen-bond donors (Lipinski definition) is 1. The fraction of sp³-hybridized carbons (Fsp3) is 0.133. The van der Waals surface area contributed by atoms with Crippen molar-refractivity contribution in [2.75, 3.05) is 0 Å². The van der Waals surface area contributed by atoms with Crippen LogP contribution in [-0.4, -0.2) is 10.5 Å². The van der Waals surface area contributed by atoms with Crippen LogP contribution in [0.5, 0.6) is 0 Å². The van der Waals surface area contributed by atoms with Gasteiger partial charge in [0.2, 0.25) is 0 Å². The van der Waals surface area contributed by atoms with Crippen LogP contribution in [0.2, 0.25) is 10.2 Å². The van der Waals surface area contributed by atoms with Gasteiger partial charge in [0.1, 0.15) is 10.8 Å². The second-order valence-electron chi connectivity index (χ2n) is 4.67. The Bertz CT molecular complexity index is 822. The number of benzene rings is 1. The van der Waals surface area contributed by atoms with E-state index in [0.29, 0.717) is 22.4 Å². The molecule has 1 aromatic carbocycles. The summed E-state index contributed by atoms with van der Waals surface area (Å²) < 4.78 is 2.79. The van der Waals surface area contributed by atoms with Gasteiger partial charge in [-0.1, -0.05) is 41.4 Å². The smallest absolute Gasteiger partial charge is 0.268 e. The van der Waals surface area contributed by atoms with E-state index in [0.717, 1.165) is 5.56 Å². The molecule has 108 valence electrons. The molecule has 3 rings (SSSR count). The number of amides is 1. The molecule has 0 aliphatic heterocycles. The number of carbonyl (C=O) groups excluding carboxylic acids is 1. The molecule has 0 bridgehead atoms. The first-order chi connectivity index (χ1) is 10.1. The average molecular weight is 339 g/mol. The van der Waals surface area contributed by atoms with Crippen LogP contribution in [0.25, 0.3) is 10.1 Å². The van der Waals surface area contributed by atoms with Crippen molar-refractivity contribution in [3.63, 3.8) is 0 Å². The van der Waals surface area contributed by atoms with Crippen LogP contribution in [0.1, 0.15) is 16.1 Å². The minimum Gasteiger partial charge on any atom is -0.347 e. The predicted octanol–water partition coefficient (Wildman–Crippen LogP) is 4.48. The van der Waals surface area contributed by atoms with Crippen molar-refractivity contribution in [3.8, 4) is 0 Å². The highest BCUT2D eigenvalue weighted by molar-refractivity contribution is 7.17. The van der Waals surface area contributed by atoms with Crippen molar-refractivity contribution in [2.45, 2.75) is 6.54 Å². The molecule has 21 heavy (non-hydrogen) atoms. The van der Waals surface area contributed by atoms with Crippen molar-refractivity contribution < 1.29 is 4.79 Å². The summed E-state index contributed by atoms with van der Waals surface area (Å²) in [5, 5.41) is 6.89. The molecule has 6 heteroatoms. The SMILES string of the molecule is Cn1c(C(=O)NCc2csc3ccccc23)cc(Cl)c1Cl. The second kappa shape index (κ2) is 5.72. The number of aromatic nitrogens is 1. The normalized spacial score (nSPS) is 11.0. The molecule has 0 radical (unpaired) electrons. The molecule has 0 atom stereocenters. The maximum atomic E-state index is 12.2. The molecule has 3 aromatic rings. The number of halogens is 2. The third kappa shape index (κ3) is 2.67. The molecule has 3 nitrogen and oxygen atoms in total. The Morgan fingerprint density at radius 3 is 2.81 bits per heavy atom. The highest BCUT2D eigenvalue weighted by Crippen LogP contribution is 2.27. The summed E-state index contributed by atoms with van der Waals surface area (Å²) in [5.41, 5.74) is 1.56. The van der Waals surface area contributed by atoms with Crippen LogP contribution in [0.4, 0.5) is 0 Å². The Hall–Kier alpha value is -1.49. The van der Waals surface area contributed by atoms with Gasteiger partial charge in [-0.25, -0.2) is 0 Å². The van der Waals surface area contributed by atoms with Gasteiger partial charge < -0.3 is 9.88 Å². The Morgan fingerprint density at radius 1 is 1.33 bits per heavy atom. The summed E-state index contributed by atoms with van der Waals surface area (Å²) in [4.78, 5) is 12.2. The van der Waals surface area contributed by atoms with E-state index in [-0.39, 0.29) is 5.91 Å². The van der Waals surface area contributed by atoms with Gasteiger partial charge in [0, 0.05) is 18.3 Å². The highest BCUT2D eigenvalue weighted by Gasteiger charge is 2.15. The highest BCUT2D eigenvalue weighted by atomic mass is 35.5. The van der Waals surface area contributed by atoms with Gasteiger partial charge in [-0.2, -0.15) is 0 Å². The number of carbonyl (C=O) groups is 1. The zero-order valence-corrected chi connectivity index (χ0v) is 13.5. The van der Waals surface area contributed by atoms with Crippen molar-refractivity contribution in [1.82, 2.24) is 9.88 Å². The van der Waals surface area contributed by atoms with E-state index in [4.69, 9.17) is 23.2 Å². The topological polar surface area (TPSA) is 34.0 Å². The van der Waals surface area contributed by atoms with E-state index in [1.54, 1.807) is 29.0 Å². The molecule has 0 unspecified atom stereocenters. The van der Waals surface area contributed by atoms with Crippen molar-refractivity contribution >= 4 is 50.5 Å². The number of nitrogens with one attached hydrogen (secondary N) is 1. The average Bonchev–Trinajstić information content (AvgIpc) is 3.01. The maximum Gasteiger partial charge on any atom is 0.268 e. The fourth-order valence-electron chi connectivity index (χ4n) is 2.20. The third-order valence-corrected chi connectivity index (χ3v) is 5.20. The van der Waals surface area contributed by atoms with Crippen molar-refractivity contribution in [3.05, 3.63) is 57.1 Å². The van der Waals surface area contributed by atoms with E-state index >= 15 is 0 Å². The maximum absolute atomic E-state index is 12.2. The van der Waals surface area contributed by atoms with E-state index in [9.17, 15) is 4.79 Å². The molecule has 1 amide bonds. The Kier molecular flexibility index (Phi) is 3.93. The van der Waals surface area contributed by atoms with Gasteiger partial charge in [-0.05, 0) is 28.5 Å². The van der Waals surface area contributed by atoms with Gasteiger partial charge in [0.05, 0.1) is 5.02 Å². The summed E-state index contributed by atoms with van der Waals surface area (Å²) in [6.45, 7) is 0.475. The Morgan fingerprint density at radius 2 is 2.10 bits per heavy atom. The number of thiophene rings is 1. The molecule has 2 aromatic heterocycles. The standard InChI is InChI=1S/C15H12Cl2N2OS/c1-19-12(6-11(16)14(19)17)15(20)18-7-9-8-21-13-5-3-2-4-10(9)13/h2-6,8H,7H2,1H3,(H,18,20). The summed E-state index contributed by atoms with van der Waals surface area (Å²) in [6, 6.07) is 9.71. The van der Waals surface area contributed by atoms with Crippen LogP contribution < -0.4 is 5.32 Å². The van der Waals surface area contributed by atoms with Gasteiger partial charge >= 0.3 is 0 Å². The van der Waals surface area contributed by atoms with Crippen LogP contribution in [0.15, 0.2) is 35.7 Å². The lowest BCUT2D eigenvalue weighted by Gasteiger charge is -2.06. The first kappa shape index (κ1) is 14.4. The van der Waals surface area contributed by atoms with Gasteiger partial charge in [-0.15, -0.1) is 11.3 Å². The lowest BCUT2D eigenvalue weighted by Crippen LogP contribution is -2.24. The fourth-order valence-corrected chi connectivity index (χ4v) is 3.53. The van der Waals surface area contributed by atoms with E-state index < -0.39 is 0 Å². The molecule has 0 saturated heterocycles. The molecule has 0 aliphatic carbocycles. The quantitative estimate of drug-likeness (QED) is 0.750. The van der Waals surface area contributed by atoms with Crippen LogP contribution in [0, 0.1) is 0 Å². The first-order valence-corrected chi connectivity index (χ1v) is 7.95. The van der Waals surface area contributed by atoms with Gasteiger partial charge in [0.15, 0.2) is 0 Å². The minimum absolute atomic E-state index is 0.193. The van der Waals surface area contributed by atoms with Gasteiger partial charge in [-0.3, -0.25) is 4.79 Å². The Balaban J connectivity index is 1.78. The molecule has 0 fully saturated rings. The molecule has 0 spiro atoms. The summed E-state index contributed by atoms with van der Waals surface area (Å²) in [5.74, 6) is -0.193. The summed E-state index contributed by atoms with van der Waals surface area (Å²) in [6.07, 6.45) is 0. The molecule has 0 saturated carbocycles. The zero-order chi connectivity index (χ0) is 15.0. The second-order valence-corrected chi connectivity index (χ2v) is 6.34. The number of fused-ring (bicyclic) bond motifs is 1. The van der Waals surface area contributed by atoms with Crippen molar-refractivity contribution in [2.24, 2.45) is 7.05 Å². The number of rotatable bonds is 3. The summed E-state index contributed by atoms with van der Waals surface area (Å²) >= 11 is 13.6. The van der Waals surface area contributed by atoms with Gasteiger partial charge in [0.25, 0.3) is 5.91 Å². The lowest BCUT2D eigenvalue weighted by atomic mass is 10.2. The van der Waals surface area contributed by atoms with Crippen LogP contribution >= 0.6 is 34.5 Å². The monoisotopic (exact) mass is 338 g/mol. The van der Waals surface area contributed by atoms with Crippen LogP contribution in [-0.2, 0) is 13.6 Å². The molecule has 1 N–H and O–H groups in total. The summed E-state index contributed by atoms with van der Waals surface area (Å²) in [7, 11) is 1.71. The molecular weight excluding hydrogens is 327 g/mol. The Labute approximate surface area is 136 Å². The third-order valence-electron chi connectivity index (χ3n) is 3.35. The predicted molar refractivity (Wildman–Crippen MR) is 88.4 cm³/mol. The largest absolute Gasteiger partial charge is 0.347 e. The minimum atomic E-state index is -0.193. The van der Waals surface area contributed by atoms with Crippen LogP contribution in [0.3, 0.4) is 0 Å². The van der Waals surface area contributed by atoms with Crippen molar-refractivity contribution in [1.29, 1.82) is 0 Å². The van der Waals surface area contributed by atoms with E-state index in [2.05, 4.69) is 22.8 Å². The lowest BCUT2D eigenvalue weighted by molar-refractivity contribution is 0.0943. The van der Waals surface area contributed by atoms with E-state index in [1.807, 2.05) is 12.1 Å². The first-order valence-electron chi connectivity index (χ1n) is 6.32. The number of nitrogens with zero attached hydrogens (tertiary/aromatic N) is 1. The molecular formula is C15H12Cl2N2OS. The zero-order valence-electron chi connectivity index (χ0n) is 11.2. The number of hydrogen-bond acceptors (Lipinski definition) is 2. The molecule has 2 heterocycles. The molecule has 0 aliphatic rings.